The van der Waals surface area contributed by atoms with Crippen molar-refractivity contribution >= 4 is 15.7 Å². The van der Waals surface area contributed by atoms with Crippen LogP contribution in [0.3, 0.4) is 0 Å². The third kappa shape index (κ3) is 4.38. The number of benzene rings is 1. The van der Waals surface area contributed by atoms with Gasteiger partial charge in [0.25, 0.3) is 5.91 Å². The minimum absolute atomic E-state index is 0.199. The lowest BCUT2D eigenvalue weighted by atomic mass is 10.2. The molecule has 1 amide bonds. The van der Waals surface area contributed by atoms with Crippen molar-refractivity contribution in [1.29, 1.82) is 0 Å². The van der Waals surface area contributed by atoms with Gasteiger partial charge in [-0.1, -0.05) is 0 Å². The van der Waals surface area contributed by atoms with Gasteiger partial charge in [0, 0.05) is 24.9 Å². The lowest BCUT2D eigenvalue weighted by Crippen LogP contribution is -2.25. The summed E-state index contributed by atoms with van der Waals surface area (Å²) in [7, 11) is -3.24. The molecular formula is C13H16N4O3S. The van der Waals surface area contributed by atoms with E-state index in [-0.39, 0.29) is 10.8 Å². The van der Waals surface area contributed by atoms with Crippen LogP contribution in [0.4, 0.5) is 0 Å². The minimum Gasteiger partial charge on any atom is -0.352 e. The Bertz CT molecular complexity index is 694. The molecule has 1 heterocycles. The van der Waals surface area contributed by atoms with Crippen LogP contribution in [0.25, 0.3) is 0 Å². The van der Waals surface area contributed by atoms with Gasteiger partial charge < -0.3 is 5.32 Å². The molecule has 0 fully saturated rings. The first-order chi connectivity index (χ1) is 9.97. The highest BCUT2D eigenvalue weighted by molar-refractivity contribution is 7.90. The predicted molar refractivity (Wildman–Crippen MR) is 76.5 cm³/mol. The number of rotatable bonds is 6. The Kier molecular flexibility index (Phi) is 4.69. The lowest BCUT2D eigenvalue weighted by Gasteiger charge is -2.06. The molecule has 0 aliphatic heterocycles. The van der Waals surface area contributed by atoms with Crippen LogP contribution in [-0.2, 0) is 16.4 Å². The smallest absolute Gasteiger partial charge is 0.251 e. The zero-order chi connectivity index (χ0) is 15.3. The van der Waals surface area contributed by atoms with Crippen molar-refractivity contribution in [3.8, 4) is 0 Å². The first-order valence-corrected chi connectivity index (χ1v) is 8.27. The second-order valence-corrected chi connectivity index (χ2v) is 6.58. The van der Waals surface area contributed by atoms with Crippen LogP contribution < -0.4 is 5.32 Å². The number of aromatic nitrogens is 3. The third-order valence-corrected chi connectivity index (χ3v) is 3.99. The van der Waals surface area contributed by atoms with Crippen molar-refractivity contribution in [3.05, 3.63) is 42.5 Å². The van der Waals surface area contributed by atoms with Gasteiger partial charge in [0.15, 0.2) is 9.84 Å². The fraction of sp³-hybridized carbons (Fsp3) is 0.308. The van der Waals surface area contributed by atoms with E-state index in [9.17, 15) is 13.2 Å². The number of hydrogen-bond donors (Lipinski definition) is 1. The molecule has 0 saturated heterocycles. The largest absolute Gasteiger partial charge is 0.352 e. The van der Waals surface area contributed by atoms with Gasteiger partial charge in [-0.05, 0) is 30.7 Å². The Balaban J connectivity index is 1.83. The number of hydrogen-bond acceptors (Lipinski definition) is 5. The van der Waals surface area contributed by atoms with E-state index < -0.39 is 9.84 Å². The summed E-state index contributed by atoms with van der Waals surface area (Å²) in [6.45, 7) is 1.18. The van der Waals surface area contributed by atoms with Crippen LogP contribution in [-0.4, -0.2) is 41.9 Å². The van der Waals surface area contributed by atoms with Crippen LogP contribution >= 0.6 is 0 Å². The van der Waals surface area contributed by atoms with Crippen LogP contribution in [0.15, 0.2) is 41.8 Å². The summed E-state index contributed by atoms with van der Waals surface area (Å²) in [6, 6.07) is 5.87. The van der Waals surface area contributed by atoms with Gasteiger partial charge in [0.05, 0.1) is 4.90 Å². The number of amides is 1. The normalized spacial score (nSPS) is 11.3. The molecule has 1 N–H and O–H groups in total. The van der Waals surface area contributed by atoms with Crippen molar-refractivity contribution in [2.75, 3.05) is 12.8 Å². The van der Waals surface area contributed by atoms with Gasteiger partial charge in [-0.2, -0.15) is 5.10 Å². The van der Waals surface area contributed by atoms with E-state index in [2.05, 4.69) is 15.4 Å². The van der Waals surface area contributed by atoms with Crippen molar-refractivity contribution in [1.82, 2.24) is 20.1 Å². The van der Waals surface area contributed by atoms with E-state index in [4.69, 9.17) is 0 Å². The van der Waals surface area contributed by atoms with Gasteiger partial charge in [0.2, 0.25) is 0 Å². The third-order valence-electron chi connectivity index (χ3n) is 2.86. The summed E-state index contributed by atoms with van der Waals surface area (Å²) in [5.74, 6) is -0.228. The molecule has 1 aromatic carbocycles. The molecule has 0 saturated carbocycles. The van der Waals surface area contributed by atoms with Gasteiger partial charge in [0.1, 0.15) is 12.7 Å². The fourth-order valence-corrected chi connectivity index (χ4v) is 2.38. The SMILES string of the molecule is CS(=O)(=O)c1ccc(C(=O)NCCCn2cncn2)cc1. The summed E-state index contributed by atoms with van der Waals surface area (Å²) < 4.78 is 24.3. The molecule has 0 radical (unpaired) electrons. The maximum Gasteiger partial charge on any atom is 0.251 e. The molecule has 2 rings (SSSR count). The van der Waals surface area contributed by atoms with E-state index in [0.717, 1.165) is 12.7 Å². The number of sulfone groups is 1. The number of nitrogens with one attached hydrogen (secondary N) is 1. The van der Waals surface area contributed by atoms with Crippen LogP contribution in [0.5, 0.6) is 0 Å². The average Bonchev–Trinajstić information content (AvgIpc) is 2.96. The summed E-state index contributed by atoms with van der Waals surface area (Å²) in [4.78, 5) is 15.9. The summed E-state index contributed by atoms with van der Waals surface area (Å²) in [5.41, 5.74) is 0.433. The first-order valence-electron chi connectivity index (χ1n) is 6.37. The fourth-order valence-electron chi connectivity index (χ4n) is 1.75. The van der Waals surface area contributed by atoms with Crippen LogP contribution in [0, 0.1) is 0 Å². The quantitative estimate of drug-likeness (QED) is 0.784. The maximum atomic E-state index is 11.9. The zero-order valence-corrected chi connectivity index (χ0v) is 12.4. The number of aryl methyl sites for hydroxylation is 1. The van der Waals surface area contributed by atoms with Crippen molar-refractivity contribution < 1.29 is 13.2 Å². The Morgan fingerprint density at radius 3 is 2.57 bits per heavy atom. The van der Waals surface area contributed by atoms with E-state index >= 15 is 0 Å². The second kappa shape index (κ2) is 6.49. The van der Waals surface area contributed by atoms with Crippen LogP contribution in [0.2, 0.25) is 0 Å². The maximum absolute atomic E-state index is 11.9. The Labute approximate surface area is 122 Å². The molecular weight excluding hydrogens is 292 g/mol. The minimum atomic E-state index is -3.24. The molecule has 8 heteroatoms. The Hall–Kier alpha value is -2.22. The highest BCUT2D eigenvalue weighted by atomic mass is 32.2. The second-order valence-electron chi connectivity index (χ2n) is 4.56. The molecule has 0 atom stereocenters. The van der Waals surface area contributed by atoms with Crippen molar-refractivity contribution in [3.63, 3.8) is 0 Å². The van der Waals surface area contributed by atoms with Gasteiger partial charge in [-0.3, -0.25) is 9.48 Å². The highest BCUT2D eigenvalue weighted by Gasteiger charge is 2.09. The van der Waals surface area contributed by atoms with E-state index in [0.29, 0.717) is 18.7 Å². The van der Waals surface area contributed by atoms with E-state index in [1.165, 1.54) is 30.6 Å². The first kappa shape index (κ1) is 15.2. The standard InChI is InChI=1S/C13H16N4O3S/c1-21(19,20)12-5-3-11(4-6-12)13(18)15-7-2-8-17-10-14-9-16-17/h3-6,9-10H,2,7-8H2,1H3,(H,15,18). The zero-order valence-electron chi connectivity index (χ0n) is 11.6. The monoisotopic (exact) mass is 308 g/mol. The van der Waals surface area contributed by atoms with E-state index in [1.54, 1.807) is 11.0 Å². The molecule has 0 aliphatic rings. The highest BCUT2D eigenvalue weighted by Crippen LogP contribution is 2.10. The van der Waals surface area contributed by atoms with Gasteiger partial charge in [-0.25, -0.2) is 13.4 Å². The molecule has 0 spiro atoms. The molecule has 1 aromatic heterocycles. The molecule has 2 aromatic rings. The van der Waals surface area contributed by atoms with E-state index in [1.807, 2.05) is 0 Å². The van der Waals surface area contributed by atoms with Crippen molar-refractivity contribution in [2.24, 2.45) is 0 Å². The van der Waals surface area contributed by atoms with Gasteiger partial charge in [-0.15, -0.1) is 0 Å². The summed E-state index contributed by atoms with van der Waals surface area (Å²) in [5, 5.41) is 6.73. The topological polar surface area (TPSA) is 94.0 Å². The summed E-state index contributed by atoms with van der Waals surface area (Å²) in [6.07, 6.45) is 4.94. The molecule has 21 heavy (non-hydrogen) atoms. The number of carbonyl (C=O) groups excluding carboxylic acids is 1. The Morgan fingerprint density at radius 1 is 1.29 bits per heavy atom. The predicted octanol–water partition coefficient (Wildman–Crippen LogP) is 0.502. The summed E-state index contributed by atoms with van der Waals surface area (Å²) >= 11 is 0. The van der Waals surface area contributed by atoms with Gasteiger partial charge >= 0.3 is 0 Å². The lowest BCUT2D eigenvalue weighted by molar-refractivity contribution is 0.0952. The molecule has 0 aliphatic carbocycles. The number of carbonyl (C=O) groups is 1. The number of nitrogens with zero attached hydrogens (tertiary/aromatic N) is 3. The van der Waals surface area contributed by atoms with Crippen molar-refractivity contribution in [2.45, 2.75) is 17.9 Å². The average molecular weight is 308 g/mol. The molecule has 0 bridgehead atoms. The Morgan fingerprint density at radius 2 is 2.00 bits per heavy atom. The molecule has 0 unspecified atom stereocenters. The molecule has 112 valence electrons. The van der Waals surface area contributed by atoms with Crippen LogP contribution in [0.1, 0.15) is 16.8 Å². The molecule has 7 nitrogen and oxygen atoms in total.